The first kappa shape index (κ1) is 13.1. The van der Waals surface area contributed by atoms with E-state index in [2.05, 4.69) is 19.1 Å². The first-order valence-corrected chi connectivity index (χ1v) is 9.06. The summed E-state index contributed by atoms with van der Waals surface area (Å²) in [5, 5.41) is 20.5. The Hall–Kier alpha value is -0.340. The van der Waals surface area contributed by atoms with Gasteiger partial charge in [-0.2, -0.15) is 0 Å². The zero-order chi connectivity index (χ0) is 14.5. The highest BCUT2D eigenvalue weighted by Crippen LogP contribution is 2.80. The normalized spacial score (nSPS) is 64.2. The van der Waals surface area contributed by atoms with Gasteiger partial charge in [-0.1, -0.05) is 19.1 Å². The van der Waals surface area contributed by atoms with E-state index in [1.165, 1.54) is 32.1 Å². The molecule has 2 heteroatoms. The van der Waals surface area contributed by atoms with Gasteiger partial charge in [0.2, 0.25) is 0 Å². The minimum atomic E-state index is -0.0755. The molecular formula is C19H28O2. The third-order valence-corrected chi connectivity index (χ3v) is 8.65. The van der Waals surface area contributed by atoms with Crippen molar-refractivity contribution < 1.29 is 10.2 Å². The van der Waals surface area contributed by atoms with Gasteiger partial charge in [0, 0.05) is 0 Å². The largest absolute Gasteiger partial charge is 0.393 e. The average Bonchev–Trinajstić information content (AvgIpc) is 3.05. The molecule has 4 fully saturated rings. The lowest BCUT2D eigenvalue weighted by Crippen LogP contribution is -2.48. The van der Waals surface area contributed by atoms with Gasteiger partial charge in [0.1, 0.15) is 0 Å². The van der Waals surface area contributed by atoms with Crippen molar-refractivity contribution in [2.45, 2.75) is 70.5 Å². The molecule has 0 amide bonds. The van der Waals surface area contributed by atoms with Crippen molar-refractivity contribution in [3.63, 3.8) is 0 Å². The SMILES string of the molecule is CC12CCC3C(C=CC45CC(O)CCC34C5)C1CCC2O. The highest BCUT2D eigenvalue weighted by Gasteiger charge is 2.74. The Balaban J connectivity index is 1.53. The van der Waals surface area contributed by atoms with Crippen LogP contribution in [0.3, 0.4) is 0 Å². The molecule has 4 saturated carbocycles. The van der Waals surface area contributed by atoms with E-state index in [1.54, 1.807) is 0 Å². The molecule has 21 heavy (non-hydrogen) atoms. The maximum absolute atomic E-state index is 10.5. The number of rotatable bonds is 0. The van der Waals surface area contributed by atoms with Crippen molar-refractivity contribution in [3.8, 4) is 0 Å². The topological polar surface area (TPSA) is 40.5 Å². The molecule has 5 aliphatic rings. The third-order valence-electron chi connectivity index (χ3n) is 8.65. The minimum absolute atomic E-state index is 0.0658. The Morgan fingerprint density at radius 2 is 1.86 bits per heavy atom. The molecule has 0 spiro atoms. The molecule has 2 N–H and O–H groups in total. The Labute approximate surface area is 127 Å². The van der Waals surface area contributed by atoms with Crippen LogP contribution in [0.4, 0.5) is 0 Å². The number of aliphatic hydroxyl groups is 2. The predicted octanol–water partition coefficient (Wildman–Crippen LogP) is 3.28. The summed E-state index contributed by atoms with van der Waals surface area (Å²) in [5.41, 5.74) is 1.06. The predicted molar refractivity (Wildman–Crippen MR) is 81.5 cm³/mol. The highest BCUT2D eigenvalue weighted by atomic mass is 16.3. The van der Waals surface area contributed by atoms with Crippen molar-refractivity contribution in [2.75, 3.05) is 0 Å². The monoisotopic (exact) mass is 288 g/mol. The Kier molecular flexibility index (Phi) is 2.35. The molecule has 8 atom stereocenters. The van der Waals surface area contributed by atoms with E-state index >= 15 is 0 Å². The molecule has 5 rings (SSSR count). The van der Waals surface area contributed by atoms with E-state index in [1.807, 2.05) is 0 Å². The van der Waals surface area contributed by atoms with Crippen LogP contribution in [0.25, 0.3) is 0 Å². The van der Waals surface area contributed by atoms with Crippen molar-refractivity contribution in [1.82, 2.24) is 0 Å². The first-order chi connectivity index (χ1) is 10.0. The van der Waals surface area contributed by atoms with Crippen LogP contribution in [-0.4, -0.2) is 22.4 Å². The van der Waals surface area contributed by atoms with Gasteiger partial charge in [0.25, 0.3) is 0 Å². The summed E-state index contributed by atoms with van der Waals surface area (Å²) in [6.07, 6.45) is 14.2. The van der Waals surface area contributed by atoms with Gasteiger partial charge < -0.3 is 10.2 Å². The van der Waals surface area contributed by atoms with Crippen LogP contribution in [0.2, 0.25) is 0 Å². The summed E-state index contributed by atoms with van der Waals surface area (Å²) in [4.78, 5) is 0. The lowest BCUT2D eigenvalue weighted by molar-refractivity contribution is -0.0555. The van der Waals surface area contributed by atoms with E-state index in [9.17, 15) is 10.2 Å². The molecule has 0 aromatic rings. The number of fused-ring (bicyclic) bond motifs is 3. The molecule has 0 aromatic carbocycles. The molecule has 5 aliphatic carbocycles. The second-order valence-corrected chi connectivity index (χ2v) is 9.17. The van der Waals surface area contributed by atoms with E-state index < -0.39 is 0 Å². The van der Waals surface area contributed by atoms with Crippen molar-refractivity contribution >= 4 is 0 Å². The standard InChI is InChI=1S/C19H28O2/c1-17-7-6-15-13(14(17)2-3-16(17)21)5-8-18-10-12(20)4-9-19(15,18)11-18/h5,8,12-16,20-21H,2-4,6-7,9-11H2,1H3. The van der Waals surface area contributed by atoms with E-state index in [0.29, 0.717) is 22.7 Å². The molecule has 0 radical (unpaired) electrons. The summed E-state index contributed by atoms with van der Waals surface area (Å²) in [5.74, 6) is 2.23. The highest BCUT2D eigenvalue weighted by molar-refractivity contribution is 5.33. The fourth-order valence-electron chi connectivity index (χ4n) is 7.43. The first-order valence-electron chi connectivity index (χ1n) is 9.06. The van der Waals surface area contributed by atoms with E-state index in [0.717, 1.165) is 25.2 Å². The molecule has 8 unspecified atom stereocenters. The smallest absolute Gasteiger partial charge is 0.0596 e. The summed E-state index contributed by atoms with van der Waals surface area (Å²) in [7, 11) is 0. The average molecular weight is 288 g/mol. The second kappa shape index (κ2) is 3.76. The van der Waals surface area contributed by atoms with Crippen molar-refractivity contribution in [3.05, 3.63) is 12.2 Å². The van der Waals surface area contributed by atoms with E-state index in [4.69, 9.17) is 0 Å². The van der Waals surface area contributed by atoms with Gasteiger partial charge in [-0.15, -0.1) is 0 Å². The lowest BCUT2D eigenvalue weighted by atomic mass is 9.52. The van der Waals surface area contributed by atoms with Crippen LogP contribution in [0.15, 0.2) is 12.2 Å². The van der Waals surface area contributed by atoms with Crippen molar-refractivity contribution in [2.24, 2.45) is 34.0 Å². The summed E-state index contributed by atoms with van der Waals surface area (Å²) < 4.78 is 0. The van der Waals surface area contributed by atoms with Crippen molar-refractivity contribution in [1.29, 1.82) is 0 Å². The Morgan fingerprint density at radius 3 is 2.71 bits per heavy atom. The number of hydrogen-bond acceptors (Lipinski definition) is 2. The fourth-order valence-corrected chi connectivity index (χ4v) is 7.43. The van der Waals surface area contributed by atoms with E-state index in [-0.39, 0.29) is 17.6 Å². The third kappa shape index (κ3) is 1.38. The molecule has 0 heterocycles. The summed E-state index contributed by atoms with van der Waals surface area (Å²) in [6, 6.07) is 0. The minimum Gasteiger partial charge on any atom is -0.393 e. The van der Waals surface area contributed by atoms with Crippen LogP contribution in [0, 0.1) is 34.0 Å². The molecule has 0 saturated heterocycles. The molecule has 116 valence electrons. The maximum Gasteiger partial charge on any atom is 0.0596 e. The lowest BCUT2D eigenvalue weighted by Gasteiger charge is -2.53. The number of allylic oxidation sites excluding steroid dienone is 2. The van der Waals surface area contributed by atoms with Crippen LogP contribution in [-0.2, 0) is 0 Å². The summed E-state index contributed by atoms with van der Waals surface area (Å²) >= 11 is 0. The number of hydrogen-bond donors (Lipinski definition) is 2. The molecule has 0 bridgehead atoms. The van der Waals surface area contributed by atoms with Crippen LogP contribution >= 0.6 is 0 Å². The molecular weight excluding hydrogens is 260 g/mol. The van der Waals surface area contributed by atoms with Crippen LogP contribution < -0.4 is 0 Å². The van der Waals surface area contributed by atoms with Crippen LogP contribution in [0.1, 0.15) is 58.3 Å². The van der Waals surface area contributed by atoms with Gasteiger partial charge in [-0.05, 0) is 85.4 Å². The summed E-state index contributed by atoms with van der Waals surface area (Å²) in [6.45, 7) is 2.34. The maximum atomic E-state index is 10.5. The fraction of sp³-hybridized carbons (Fsp3) is 0.895. The second-order valence-electron chi connectivity index (χ2n) is 9.17. The van der Waals surface area contributed by atoms with Crippen LogP contribution in [0.5, 0.6) is 0 Å². The van der Waals surface area contributed by atoms with Gasteiger partial charge in [0.15, 0.2) is 0 Å². The zero-order valence-corrected chi connectivity index (χ0v) is 13.1. The zero-order valence-electron chi connectivity index (χ0n) is 13.1. The number of aliphatic hydroxyl groups excluding tert-OH is 2. The van der Waals surface area contributed by atoms with Gasteiger partial charge in [0.05, 0.1) is 12.2 Å². The van der Waals surface area contributed by atoms with Gasteiger partial charge >= 0.3 is 0 Å². The van der Waals surface area contributed by atoms with Gasteiger partial charge in [-0.25, -0.2) is 0 Å². The molecule has 2 nitrogen and oxygen atoms in total. The quantitative estimate of drug-likeness (QED) is 0.672. The Morgan fingerprint density at radius 1 is 1.00 bits per heavy atom. The molecule has 0 aliphatic heterocycles. The molecule has 0 aromatic heterocycles. The Bertz CT molecular complexity index is 514. The van der Waals surface area contributed by atoms with Gasteiger partial charge in [-0.3, -0.25) is 0 Å².